The molecule has 2 saturated heterocycles. The third kappa shape index (κ3) is 6.60. The minimum absolute atomic E-state index is 0.0872. The van der Waals surface area contributed by atoms with Crippen molar-refractivity contribution in [3.05, 3.63) is 76.8 Å². The Morgan fingerprint density at radius 1 is 1.09 bits per heavy atom. The molecule has 1 aromatic heterocycles. The van der Waals surface area contributed by atoms with Crippen molar-refractivity contribution < 1.29 is 14.3 Å². The van der Waals surface area contributed by atoms with E-state index in [9.17, 15) is 4.79 Å². The first-order chi connectivity index (χ1) is 22.0. The number of likely N-dealkylation sites (tertiary alicyclic amines) is 1. The summed E-state index contributed by atoms with van der Waals surface area (Å²) < 4.78 is 11.4. The zero-order chi connectivity index (χ0) is 31.3. The molecular weight excluding hydrogens is 566 g/mol. The molecule has 0 spiro atoms. The summed E-state index contributed by atoms with van der Waals surface area (Å²) in [5.74, 6) is 0.788. The Balaban J connectivity index is 1.31. The summed E-state index contributed by atoms with van der Waals surface area (Å²) >= 11 is 0. The van der Waals surface area contributed by atoms with E-state index in [1.807, 2.05) is 4.90 Å². The van der Waals surface area contributed by atoms with Gasteiger partial charge in [0, 0.05) is 62.0 Å². The molecule has 0 aliphatic carbocycles. The fourth-order valence-electron chi connectivity index (χ4n) is 6.99. The predicted octanol–water partition coefficient (Wildman–Crippen LogP) is 4.11. The normalized spacial score (nSPS) is 20.5. The van der Waals surface area contributed by atoms with E-state index < -0.39 is 0 Å². The zero-order valence-corrected chi connectivity index (χ0v) is 26.6. The van der Waals surface area contributed by atoms with Crippen molar-refractivity contribution in [2.75, 3.05) is 76.4 Å². The van der Waals surface area contributed by atoms with E-state index in [1.165, 1.54) is 28.4 Å². The lowest BCUT2D eigenvalue weighted by atomic mass is 9.99. The van der Waals surface area contributed by atoms with Crippen LogP contribution in [0.3, 0.4) is 0 Å². The zero-order valence-electron chi connectivity index (χ0n) is 26.6. The second-order valence-corrected chi connectivity index (χ2v) is 12.3. The summed E-state index contributed by atoms with van der Waals surface area (Å²) in [6.07, 6.45) is 6.35. The summed E-state index contributed by atoms with van der Waals surface area (Å²) in [6.45, 7) is 15.2. The quantitative estimate of drug-likeness (QED) is 0.265. The van der Waals surface area contributed by atoms with Gasteiger partial charge in [-0.3, -0.25) is 4.79 Å². The molecule has 2 fully saturated rings. The molecule has 0 unspecified atom stereocenters. The molecule has 236 valence electrons. The number of anilines is 2. The summed E-state index contributed by atoms with van der Waals surface area (Å²) in [4.78, 5) is 35.6. The smallest absolute Gasteiger partial charge is 0.318 e. The van der Waals surface area contributed by atoms with E-state index in [-0.39, 0.29) is 18.5 Å². The van der Waals surface area contributed by atoms with E-state index in [1.54, 1.807) is 19.3 Å². The number of aromatic nitrogens is 2. The fraction of sp³-hybridized carbons (Fsp3) is 0.486. The van der Waals surface area contributed by atoms with Crippen LogP contribution in [0.2, 0.25) is 0 Å². The van der Waals surface area contributed by atoms with Gasteiger partial charge >= 0.3 is 6.01 Å². The number of methoxy groups -OCH3 is 1. The largest absolute Gasteiger partial charge is 0.462 e. The molecule has 10 heteroatoms. The van der Waals surface area contributed by atoms with Crippen LogP contribution in [0.1, 0.15) is 29.7 Å². The highest BCUT2D eigenvalue weighted by molar-refractivity contribution is 5.97. The second-order valence-electron chi connectivity index (χ2n) is 12.3. The molecule has 3 aliphatic heterocycles. The lowest BCUT2D eigenvalue weighted by Crippen LogP contribution is -2.56. The number of piperazine rings is 1. The number of carbonyl (C=O) groups excluding carboxylic acids is 1. The van der Waals surface area contributed by atoms with Crippen LogP contribution in [0.25, 0.3) is 15.6 Å². The number of nitrogens with zero attached hydrogens (tertiary/aromatic N) is 7. The van der Waals surface area contributed by atoms with Crippen molar-refractivity contribution in [2.24, 2.45) is 0 Å². The Morgan fingerprint density at radius 3 is 2.71 bits per heavy atom. The maximum atomic E-state index is 13.0. The minimum Gasteiger partial charge on any atom is -0.462 e. The first-order valence-corrected chi connectivity index (χ1v) is 16.0. The molecule has 4 heterocycles. The summed E-state index contributed by atoms with van der Waals surface area (Å²) in [5.41, 5.74) is 4.60. The average molecular weight is 610 g/mol. The molecule has 0 saturated carbocycles. The van der Waals surface area contributed by atoms with Gasteiger partial charge in [-0.05, 0) is 56.8 Å². The predicted molar refractivity (Wildman–Crippen MR) is 177 cm³/mol. The molecule has 6 rings (SSSR count). The monoisotopic (exact) mass is 609 g/mol. The molecule has 3 aromatic rings. The van der Waals surface area contributed by atoms with Gasteiger partial charge in [-0.15, -0.1) is 0 Å². The lowest BCUT2D eigenvalue weighted by Gasteiger charge is -2.41. The Bertz CT molecular complexity index is 1600. The minimum atomic E-state index is -0.239. The standard InChI is InChI=1S/C35H43N7O3/c1-25-9-5-10-26-11-6-13-31(33(25)26)40-17-15-29-30(23-40)37-35(45-24-27-12-7-16-39(27)3)38-34(29)41-18-19-42(28(22-41)21-36-2)32(43)14-8-20-44-4/h5-6,8-11,13-14,27-28H,7,12,15-24H2,1,3-4H3/b14-8+/t27-,28+/m1/s1. The number of likely N-dealkylation sites (N-methyl/N-ethyl adjacent to an activating group) is 1. The van der Waals surface area contributed by atoms with Crippen LogP contribution < -0.4 is 14.5 Å². The van der Waals surface area contributed by atoms with E-state index >= 15 is 0 Å². The molecule has 2 aromatic carbocycles. The fourth-order valence-corrected chi connectivity index (χ4v) is 6.99. The van der Waals surface area contributed by atoms with Crippen molar-refractivity contribution in [3.8, 4) is 6.01 Å². The molecule has 10 nitrogen and oxygen atoms in total. The van der Waals surface area contributed by atoms with Gasteiger partial charge in [0.2, 0.25) is 12.5 Å². The first-order valence-electron chi connectivity index (χ1n) is 16.0. The third-order valence-electron chi connectivity index (χ3n) is 9.42. The third-order valence-corrected chi connectivity index (χ3v) is 9.42. The number of fused-ring (bicyclic) bond motifs is 2. The van der Waals surface area contributed by atoms with Gasteiger partial charge in [0.25, 0.3) is 0 Å². The molecule has 0 N–H and O–H groups in total. The number of carbonyl (C=O) groups is 1. The van der Waals surface area contributed by atoms with Crippen LogP contribution in [-0.2, 0) is 22.5 Å². The van der Waals surface area contributed by atoms with E-state index in [4.69, 9.17) is 26.0 Å². The molecule has 45 heavy (non-hydrogen) atoms. The SMILES string of the molecule is [C-]#[N+]C[C@H]1CN(c2nc(OC[C@H]3CCCN3C)nc3c2CCN(c2cccc4cccc(C)c24)C3)CCN1C(=O)/C=C/COC. The van der Waals surface area contributed by atoms with Crippen molar-refractivity contribution in [3.63, 3.8) is 0 Å². The highest BCUT2D eigenvalue weighted by Gasteiger charge is 2.35. The molecular formula is C35H43N7O3. The average Bonchev–Trinajstić information content (AvgIpc) is 3.47. The van der Waals surface area contributed by atoms with Gasteiger partial charge in [-0.25, -0.2) is 6.57 Å². The van der Waals surface area contributed by atoms with Gasteiger partial charge in [-0.2, -0.15) is 9.97 Å². The number of benzene rings is 2. The van der Waals surface area contributed by atoms with Gasteiger partial charge in [0.15, 0.2) is 0 Å². The van der Waals surface area contributed by atoms with Crippen molar-refractivity contribution in [1.29, 1.82) is 0 Å². The van der Waals surface area contributed by atoms with E-state index in [0.29, 0.717) is 51.4 Å². The molecule has 1 amide bonds. The van der Waals surface area contributed by atoms with Gasteiger partial charge in [0.1, 0.15) is 18.5 Å². The second kappa shape index (κ2) is 13.8. The number of amides is 1. The van der Waals surface area contributed by atoms with Crippen LogP contribution >= 0.6 is 0 Å². The number of ether oxygens (including phenoxy) is 2. The summed E-state index contributed by atoms with van der Waals surface area (Å²) in [7, 11) is 3.75. The lowest BCUT2D eigenvalue weighted by molar-refractivity contribution is -0.128. The molecule has 2 atom stereocenters. The molecule has 3 aliphatic rings. The van der Waals surface area contributed by atoms with Gasteiger partial charge in [0.05, 0.1) is 18.8 Å². The molecule has 0 radical (unpaired) electrons. The van der Waals surface area contributed by atoms with Crippen molar-refractivity contribution in [1.82, 2.24) is 19.8 Å². The Kier molecular flexibility index (Phi) is 9.47. The maximum absolute atomic E-state index is 13.0. The Hall–Kier alpha value is -4.20. The van der Waals surface area contributed by atoms with Gasteiger partial charge < -0.3 is 33.9 Å². The number of aryl methyl sites for hydroxylation is 1. The number of rotatable bonds is 9. The number of hydrogen-bond donors (Lipinski definition) is 0. The highest BCUT2D eigenvalue weighted by Crippen LogP contribution is 2.36. The van der Waals surface area contributed by atoms with Crippen LogP contribution in [0.4, 0.5) is 11.5 Å². The van der Waals surface area contributed by atoms with Crippen LogP contribution in [0, 0.1) is 13.5 Å². The van der Waals surface area contributed by atoms with Crippen molar-refractivity contribution >= 4 is 28.2 Å². The van der Waals surface area contributed by atoms with E-state index in [2.05, 4.69) is 69.9 Å². The molecule has 0 bridgehead atoms. The summed E-state index contributed by atoms with van der Waals surface area (Å²) in [5, 5.41) is 2.52. The maximum Gasteiger partial charge on any atom is 0.318 e. The highest BCUT2D eigenvalue weighted by atomic mass is 16.5. The van der Waals surface area contributed by atoms with E-state index in [0.717, 1.165) is 43.0 Å². The van der Waals surface area contributed by atoms with Crippen LogP contribution in [-0.4, -0.2) is 104 Å². The van der Waals surface area contributed by atoms with Gasteiger partial charge in [-0.1, -0.05) is 36.4 Å². The topological polar surface area (TPSA) is 78.6 Å². The Labute approximate surface area is 266 Å². The summed E-state index contributed by atoms with van der Waals surface area (Å²) in [6, 6.07) is 13.5. The number of hydrogen-bond acceptors (Lipinski definition) is 8. The first kappa shape index (κ1) is 30.8. The van der Waals surface area contributed by atoms with Crippen LogP contribution in [0.15, 0.2) is 48.6 Å². The van der Waals surface area contributed by atoms with Crippen LogP contribution in [0.5, 0.6) is 6.01 Å². The van der Waals surface area contributed by atoms with Crippen molar-refractivity contribution in [2.45, 2.75) is 44.8 Å². The Morgan fingerprint density at radius 2 is 1.93 bits per heavy atom.